The zero-order valence-corrected chi connectivity index (χ0v) is 11.0. The van der Waals surface area contributed by atoms with Crippen LogP contribution in [0.1, 0.15) is 11.4 Å². The van der Waals surface area contributed by atoms with Gasteiger partial charge in [0.15, 0.2) is 5.82 Å². The highest BCUT2D eigenvalue weighted by Crippen LogP contribution is 2.17. The van der Waals surface area contributed by atoms with Crippen LogP contribution in [0.4, 0.5) is 0 Å². The number of nitrogens with two attached hydrogens (primary N) is 1. The highest BCUT2D eigenvalue weighted by molar-refractivity contribution is 7.80. The average Bonchev–Trinajstić information content (AvgIpc) is 2.87. The Labute approximate surface area is 115 Å². The van der Waals surface area contributed by atoms with Crippen molar-refractivity contribution in [2.24, 2.45) is 5.73 Å². The fourth-order valence-electron chi connectivity index (χ4n) is 2.14. The minimum Gasteiger partial charge on any atom is -0.387 e. The van der Waals surface area contributed by atoms with E-state index in [1.165, 1.54) is 0 Å². The second kappa shape index (κ2) is 4.78. The van der Waals surface area contributed by atoms with E-state index in [1.54, 1.807) is 12.4 Å². The molecule has 0 atom stereocenters. The molecule has 0 bridgehead atoms. The third-order valence-electron chi connectivity index (χ3n) is 2.99. The molecule has 0 aliphatic carbocycles. The van der Waals surface area contributed by atoms with Gasteiger partial charge in [-0.05, 0) is 11.6 Å². The van der Waals surface area contributed by atoms with Gasteiger partial charge in [0.25, 0.3) is 0 Å². The van der Waals surface area contributed by atoms with Gasteiger partial charge in [-0.25, -0.2) is 4.98 Å². The Hall–Kier alpha value is -2.27. The molecule has 0 radical (unpaired) electrons. The van der Waals surface area contributed by atoms with Crippen LogP contribution in [0.5, 0.6) is 0 Å². The summed E-state index contributed by atoms with van der Waals surface area (Å²) in [5, 5.41) is 1.12. The van der Waals surface area contributed by atoms with E-state index in [-0.39, 0.29) is 0 Å². The van der Waals surface area contributed by atoms with Crippen molar-refractivity contribution in [2.75, 3.05) is 0 Å². The molecular weight excluding hydrogens is 256 g/mol. The summed E-state index contributed by atoms with van der Waals surface area (Å²) in [6, 6.07) is 10.1. The molecule has 0 amide bonds. The van der Waals surface area contributed by atoms with Gasteiger partial charge in [0.2, 0.25) is 0 Å². The SMILES string of the molecule is NC(=S)c1nccn1Cc1cccc2cccnc12. The van der Waals surface area contributed by atoms with Gasteiger partial charge in [0.1, 0.15) is 4.99 Å². The lowest BCUT2D eigenvalue weighted by Crippen LogP contribution is -2.17. The van der Waals surface area contributed by atoms with E-state index in [2.05, 4.69) is 16.0 Å². The molecule has 0 aliphatic heterocycles. The Morgan fingerprint density at radius 1 is 1.16 bits per heavy atom. The van der Waals surface area contributed by atoms with Crippen LogP contribution < -0.4 is 5.73 Å². The van der Waals surface area contributed by atoms with Gasteiger partial charge in [-0.2, -0.15) is 0 Å². The quantitative estimate of drug-likeness (QED) is 0.739. The molecule has 5 heteroatoms. The molecule has 2 aromatic heterocycles. The van der Waals surface area contributed by atoms with Crippen LogP contribution in [0.25, 0.3) is 10.9 Å². The number of thiocarbonyl (C=S) groups is 1. The second-order valence-corrected chi connectivity index (χ2v) is 4.68. The third-order valence-corrected chi connectivity index (χ3v) is 3.18. The molecule has 0 saturated heterocycles. The molecule has 0 fully saturated rings. The van der Waals surface area contributed by atoms with Crippen LogP contribution in [0.2, 0.25) is 0 Å². The molecular formula is C14H12N4S. The highest BCUT2D eigenvalue weighted by Gasteiger charge is 2.08. The Bertz CT molecular complexity index is 743. The van der Waals surface area contributed by atoms with Crippen molar-refractivity contribution in [3.05, 3.63) is 60.3 Å². The van der Waals surface area contributed by atoms with E-state index in [0.717, 1.165) is 16.5 Å². The molecule has 94 valence electrons. The summed E-state index contributed by atoms with van der Waals surface area (Å²) < 4.78 is 1.94. The van der Waals surface area contributed by atoms with Crippen LogP contribution in [0.3, 0.4) is 0 Å². The number of nitrogens with zero attached hydrogens (tertiary/aromatic N) is 3. The normalized spacial score (nSPS) is 10.7. The molecule has 0 spiro atoms. The van der Waals surface area contributed by atoms with Gasteiger partial charge < -0.3 is 10.3 Å². The maximum Gasteiger partial charge on any atom is 0.167 e. The Balaban J connectivity index is 2.06. The van der Waals surface area contributed by atoms with Crippen LogP contribution in [0, 0.1) is 0 Å². The van der Waals surface area contributed by atoms with Gasteiger partial charge >= 0.3 is 0 Å². The Morgan fingerprint density at radius 2 is 2.00 bits per heavy atom. The molecule has 0 saturated carbocycles. The fourth-order valence-corrected chi connectivity index (χ4v) is 2.31. The summed E-state index contributed by atoms with van der Waals surface area (Å²) in [6.45, 7) is 0.654. The maximum absolute atomic E-state index is 5.66. The lowest BCUT2D eigenvalue weighted by molar-refractivity contribution is 0.791. The number of aromatic nitrogens is 3. The van der Waals surface area contributed by atoms with Gasteiger partial charge in [0, 0.05) is 24.0 Å². The van der Waals surface area contributed by atoms with Crippen molar-refractivity contribution < 1.29 is 0 Å². The second-order valence-electron chi connectivity index (χ2n) is 4.24. The summed E-state index contributed by atoms with van der Waals surface area (Å²) >= 11 is 4.99. The fraction of sp³-hybridized carbons (Fsp3) is 0.0714. The molecule has 0 aliphatic rings. The molecule has 0 unspecified atom stereocenters. The van der Waals surface area contributed by atoms with Crippen molar-refractivity contribution in [3.63, 3.8) is 0 Å². The number of rotatable bonds is 3. The zero-order valence-electron chi connectivity index (χ0n) is 10.2. The summed E-state index contributed by atoms with van der Waals surface area (Å²) in [6.07, 6.45) is 5.37. The van der Waals surface area contributed by atoms with Crippen LogP contribution in [-0.2, 0) is 6.54 Å². The molecule has 19 heavy (non-hydrogen) atoms. The van der Waals surface area contributed by atoms with Crippen molar-refractivity contribution in [1.29, 1.82) is 0 Å². The number of para-hydroxylation sites is 1. The van der Waals surface area contributed by atoms with E-state index in [9.17, 15) is 0 Å². The van der Waals surface area contributed by atoms with Crippen molar-refractivity contribution in [3.8, 4) is 0 Å². The first-order valence-corrected chi connectivity index (χ1v) is 6.30. The predicted octanol–water partition coefficient (Wildman–Crippen LogP) is 2.11. The first-order chi connectivity index (χ1) is 9.25. The molecule has 3 rings (SSSR count). The topological polar surface area (TPSA) is 56.7 Å². The van der Waals surface area contributed by atoms with E-state index in [1.807, 2.05) is 35.0 Å². The number of benzene rings is 1. The molecule has 2 N–H and O–H groups in total. The minimum absolute atomic E-state index is 0.304. The minimum atomic E-state index is 0.304. The summed E-state index contributed by atoms with van der Waals surface area (Å²) in [5.41, 5.74) is 7.77. The van der Waals surface area contributed by atoms with Gasteiger partial charge in [0.05, 0.1) is 12.1 Å². The molecule has 3 aromatic rings. The summed E-state index contributed by atoms with van der Waals surface area (Å²) in [4.78, 5) is 8.91. The lowest BCUT2D eigenvalue weighted by Gasteiger charge is -2.09. The molecule has 4 nitrogen and oxygen atoms in total. The lowest BCUT2D eigenvalue weighted by atomic mass is 10.1. The maximum atomic E-state index is 5.66. The highest BCUT2D eigenvalue weighted by atomic mass is 32.1. The third kappa shape index (κ3) is 2.20. The van der Waals surface area contributed by atoms with E-state index in [0.29, 0.717) is 17.4 Å². The first kappa shape index (κ1) is 11.8. The first-order valence-electron chi connectivity index (χ1n) is 5.89. The van der Waals surface area contributed by atoms with Gasteiger partial charge in [-0.15, -0.1) is 0 Å². The van der Waals surface area contributed by atoms with Crippen LogP contribution in [-0.4, -0.2) is 19.5 Å². The summed E-state index contributed by atoms with van der Waals surface area (Å²) in [7, 11) is 0. The Morgan fingerprint density at radius 3 is 2.84 bits per heavy atom. The van der Waals surface area contributed by atoms with E-state index in [4.69, 9.17) is 18.0 Å². The number of imidazole rings is 1. The van der Waals surface area contributed by atoms with Gasteiger partial charge in [-0.1, -0.05) is 36.5 Å². The largest absolute Gasteiger partial charge is 0.387 e. The summed E-state index contributed by atoms with van der Waals surface area (Å²) in [5.74, 6) is 0.628. The number of hydrogen-bond donors (Lipinski definition) is 1. The predicted molar refractivity (Wildman–Crippen MR) is 79.0 cm³/mol. The number of hydrogen-bond acceptors (Lipinski definition) is 3. The van der Waals surface area contributed by atoms with Crippen LogP contribution >= 0.6 is 12.2 Å². The standard InChI is InChI=1S/C14H12N4S/c15-13(19)14-17-7-8-18(14)9-11-4-1-3-10-5-2-6-16-12(10)11/h1-8H,9H2,(H2,15,19). The van der Waals surface area contributed by atoms with E-state index >= 15 is 0 Å². The zero-order chi connectivity index (χ0) is 13.2. The average molecular weight is 268 g/mol. The number of fused-ring (bicyclic) bond motifs is 1. The monoisotopic (exact) mass is 268 g/mol. The van der Waals surface area contributed by atoms with Crippen molar-refractivity contribution in [2.45, 2.75) is 6.54 Å². The smallest absolute Gasteiger partial charge is 0.167 e. The van der Waals surface area contributed by atoms with E-state index < -0.39 is 0 Å². The molecule has 2 heterocycles. The van der Waals surface area contributed by atoms with Gasteiger partial charge in [-0.3, -0.25) is 4.98 Å². The van der Waals surface area contributed by atoms with Crippen LogP contribution in [0.15, 0.2) is 48.9 Å². The molecule has 1 aromatic carbocycles. The number of pyridine rings is 1. The van der Waals surface area contributed by atoms with Crippen molar-refractivity contribution in [1.82, 2.24) is 14.5 Å². The Kier molecular flexibility index (Phi) is 2.97. The van der Waals surface area contributed by atoms with Crippen molar-refractivity contribution >= 4 is 28.1 Å².